The van der Waals surface area contributed by atoms with E-state index in [-0.39, 0.29) is 30.1 Å². The molecule has 1 aromatic carbocycles. The SMILES string of the molecule is CC(C)NC(=O)CNC(=O)COc1ccccc1C(N)=S. The molecule has 0 saturated heterocycles. The molecule has 0 fully saturated rings. The number of benzene rings is 1. The highest BCUT2D eigenvalue weighted by atomic mass is 32.1. The number of rotatable bonds is 7. The standard InChI is InChI=1S/C14H19N3O3S/c1-9(2)17-12(18)7-16-13(19)8-20-11-6-4-3-5-10(11)14(15)21/h3-6,9H,7-8H2,1-2H3,(H2,15,21)(H,16,19)(H,17,18). The van der Waals surface area contributed by atoms with Crippen molar-refractivity contribution in [1.29, 1.82) is 0 Å². The van der Waals surface area contributed by atoms with Crippen molar-refractivity contribution in [3.63, 3.8) is 0 Å². The van der Waals surface area contributed by atoms with E-state index in [9.17, 15) is 9.59 Å². The Bertz CT molecular complexity index is 532. The van der Waals surface area contributed by atoms with E-state index in [0.717, 1.165) is 0 Å². The molecule has 0 aliphatic heterocycles. The summed E-state index contributed by atoms with van der Waals surface area (Å²) >= 11 is 4.90. The number of ether oxygens (including phenoxy) is 1. The lowest BCUT2D eigenvalue weighted by Crippen LogP contribution is -2.41. The minimum Gasteiger partial charge on any atom is -0.483 e. The fourth-order valence-electron chi connectivity index (χ4n) is 1.54. The number of amides is 2. The first-order chi connectivity index (χ1) is 9.90. The van der Waals surface area contributed by atoms with Gasteiger partial charge in [0.25, 0.3) is 5.91 Å². The number of hydrogen-bond donors (Lipinski definition) is 3. The minimum absolute atomic E-state index is 0.0306. The number of carbonyl (C=O) groups excluding carboxylic acids is 2. The predicted molar refractivity (Wildman–Crippen MR) is 84.1 cm³/mol. The van der Waals surface area contributed by atoms with Crippen molar-refractivity contribution in [3.05, 3.63) is 29.8 Å². The molecule has 0 unspecified atom stereocenters. The van der Waals surface area contributed by atoms with Crippen molar-refractivity contribution >= 4 is 29.0 Å². The maximum absolute atomic E-state index is 11.6. The van der Waals surface area contributed by atoms with Crippen LogP contribution in [0.25, 0.3) is 0 Å². The number of thiocarbonyl (C=S) groups is 1. The third kappa shape index (κ3) is 6.22. The minimum atomic E-state index is -0.397. The van der Waals surface area contributed by atoms with E-state index in [4.69, 9.17) is 22.7 Å². The zero-order valence-electron chi connectivity index (χ0n) is 12.0. The van der Waals surface area contributed by atoms with Crippen LogP contribution in [0.15, 0.2) is 24.3 Å². The van der Waals surface area contributed by atoms with Crippen molar-refractivity contribution in [2.45, 2.75) is 19.9 Å². The van der Waals surface area contributed by atoms with E-state index in [2.05, 4.69) is 10.6 Å². The highest BCUT2D eigenvalue weighted by Gasteiger charge is 2.09. The molecule has 0 heterocycles. The largest absolute Gasteiger partial charge is 0.483 e. The van der Waals surface area contributed by atoms with Gasteiger partial charge in [-0.25, -0.2) is 0 Å². The van der Waals surface area contributed by atoms with Gasteiger partial charge in [-0.1, -0.05) is 24.4 Å². The number of nitrogens with two attached hydrogens (primary N) is 1. The number of hydrogen-bond acceptors (Lipinski definition) is 4. The van der Waals surface area contributed by atoms with Gasteiger partial charge in [-0.05, 0) is 26.0 Å². The number of nitrogens with one attached hydrogen (secondary N) is 2. The summed E-state index contributed by atoms with van der Waals surface area (Å²) in [4.78, 5) is 23.2. The molecule has 114 valence electrons. The van der Waals surface area contributed by atoms with Crippen LogP contribution in [0.2, 0.25) is 0 Å². The molecule has 4 N–H and O–H groups in total. The summed E-state index contributed by atoms with van der Waals surface area (Å²) in [6, 6.07) is 6.95. The second kappa shape index (κ2) is 8.21. The average Bonchev–Trinajstić information content (AvgIpc) is 2.42. The molecule has 0 bridgehead atoms. The average molecular weight is 309 g/mol. The molecule has 0 atom stereocenters. The Morgan fingerprint density at radius 3 is 2.57 bits per heavy atom. The first kappa shape index (κ1) is 16.9. The summed E-state index contributed by atoms with van der Waals surface area (Å²) in [6.07, 6.45) is 0. The third-order valence-corrected chi connectivity index (χ3v) is 2.63. The van der Waals surface area contributed by atoms with E-state index < -0.39 is 5.91 Å². The van der Waals surface area contributed by atoms with Gasteiger partial charge < -0.3 is 21.1 Å². The lowest BCUT2D eigenvalue weighted by atomic mass is 10.2. The molecule has 2 amide bonds. The molecule has 0 radical (unpaired) electrons. The lowest BCUT2D eigenvalue weighted by molar-refractivity contribution is -0.127. The summed E-state index contributed by atoms with van der Waals surface area (Å²) in [5.41, 5.74) is 6.13. The van der Waals surface area contributed by atoms with Crippen molar-refractivity contribution in [2.75, 3.05) is 13.2 Å². The molecule has 0 aromatic heterocycles. The van der Waals surface area contributed by atoms with Gasteiger partial charge in [0.2, 0.25) is 5.91 Å². The van der Waals surface area contributed by atoms with Crippen molar-refractivity contribution in [1.82, 2.24) is 10.6 Å². The van der Waals surface area contributed by atoms with Crippen molar-refractivity contribution < 1.29 is 14.3 Å². The summed E-state index contributed by atoms with van der Waals surface area (Å²) in [6.45, 7) is 3.39. The van der Waals surface area contributed by atoms with Crippen LogP contribution in [0.4, 0.5) is 0 Å². The molecule has 0 saturated carbocycles. The van der Waals surface area contributed by atoms with Crippen molar-refractivity contribution in [3.8, 4) is 5.75 Å². The van der Waals surface area contributed by atoms with Gasteiger partial charge in [0, 0.05) is 6.04 Å². The van der Waals surface area contributed by atoms with Gasteiger partial charge in [-0.3, -0.25) is 9.59 Å². The smallest absolute Gasteiger partial charge is 0.258 e. The molecule has 6 nitrogen and oxygen atoms in total. The zero-order valence-corrected chi connectivity index (χ0v) is 12.8. The summed E-state index contributed by atoms with van der Waals surface area (Å²) in [5, 5.41) is 5.13. The van der Waals surface area contributed by atoms with E-state index in [1.807, 2.05) is 13.8 Å². The summed E-state index contributed by atoms with van der Waals surface area (Å²) in [7, 11) is 0. The summed E-state index contributed by atoms with van der Waals surface area (Å²) < 4.78 is 5.36. The predicted octanol–water partition coefficient (Wildman–Crippen LogP) is 0.340. The van der Waals surface area contributed by atoms with Crippen LogP contribution in [0.3, 0.4) is 0 Å². The highest BCUT2D eigenvalue weighted by Crippen LogP contribution is 2.17. The normalized spacial score (nSPS) is 10.0. The Labute approximate surface area is 129 Å². The van der Waals surface area contributed by atoms with Crippen LogP contribution >= 0.6 is 12.2 Å². The summed E-state index contributed by atoms with van der Waals surface area (Å²) in [5.74, 6) is -0.208. The van der Waals surface area contributed by atoms with Crippen LogP contribution in [-0.4, -0.2) is 36.0 Å². The van der Waals surface area contributed by atoms with Gasteiger partial charge >= 0.3 is 0 Å². The number of para-hydroxylation sites is 1. The fourth-order valence-corrected chi connectivity index (χ4v) is 1.71. The third-order valence-electron chi connectivity index (χ3n) is 2.41. The quantitative estimate of drug-likeness (QED) is 0.632. The van der Waals surface area contributed by atoms with E-state index >= 15 is 0 Å². The molecule has 0 aliphatic rings. The van der Waals surface area contributed by atoms with E-state index in [1.54, 1.807) is 24.3 Å². The van der Waals surface area contributed by atoms with Gasteiger partial charge in [0.15, 0.2) is 6.61 Å². The Hall–Kier alpha value is -2.15. The number of carbonyl (C=O) groups is 2. The van der Waals surface area contributed by atoms with Gasteiger partial charge in [0.1, 0.15) is 10.7 Å². The molecular formula is C14H19N3O3S. The molecule has 0 spiro atoms. The molecule has 1 aromatic rings. The van der Waals surface area contributed by atoms with Crippen molar-refractivity contribution in [2.24, 2.45) is 5.73 Å². The van der Waals surface area contributed by atoms with Gasteiger partial charge in [-0.2, -0.15) is 0 Å². The van der Waals surface area contributed by atoms with Gasteiger partial charge in [-0.15, -0.1) is 0 Å². The lowest BCUT2D eigenvalue weighted by Gasteiger charge is -2.11. The van der Waals surface area contributed by atoms with Crippen LogP contribution < -0.4 is 21.1 Å². The monoisotopic (exact) mass is 309 g/mol. The van der Waals surface area contributed by atoms with E-state index in [1.165, 1.54) is 0 Å². The second-order valence-corrected chi connectivity index (χ2v) is 5.09. The zero-order chi connectivity index (χ0) is 15.8. The van der Waals surface area contributed by atoms with Crippen LogP contribution in [0.1, 0.15) is 19.4 Å². The Morgan fingerprint density at radius 1 is 1.29 bits per heavy atom. The maximum Gasteiger partial charge on any atom is 0.258 e. The van der Waals surface area contributed by atoms with E-state index in [0.29, 0.717) is 11.3 Å². The van der Waals surface area contributed by atoms with Crippen LogP contribution in [-0.2, 0) is 9.59 Å². The molecule has 21 heavy (non-hydrogen) atoms. The molecule has 1 rings (SSSR count). The topological polar surface area (TPSA) is 93.5 Å². The first-order valence-electron chi connectivity index (χ1n) is 6.48. The molecule has 0 aliphatic carbocycles. The Kier molecular flexibility index (Phi) is 6.61. The first-order valence-corrected chi connectivity index (χ1v) is 6.88. The Balaban J connectivity index is 2.43. The second-order valence-electron chi connectivity index (χ2n) is 4.65. The highest BCUT2D eigenvalue weighted by molar-refractivity contribution is 7.80. The van der Waals surface area contributed by atoms with Gasteiger partial charge in [0.05, 0.1) is 12.1 Å². The maximum atomic E-state index is 11.6. The Morgan fingerprint density at radius 2 is 1.95 bits per heavy atom. The van der Waals surface area contributed by atoms with Crippen LogP contribution in [0, 0.1) is 0 Å². The fraction of sp³-hybridized carbons (Fsp3) is 0.357. The molecular weight excluding hydrogens is 290 g/mol. The van der Waals surface area contributed by atoms with Crippen LogP contribution in [0.5, 0.6) is 5.75 Å². The molecule has 7 heteroatoms.